The summed E-state index contributed by atoms with van der Waals surface area (Å²) in [6.45, 7) is 3.06. The summed E-state index contributed by atoms with van der Waals surface area (Å²) in [6, 6.07) is -0.649. The van der Waals surface area contributed by atoms with Gasteiger partial charge in [0.05, 0.1) is 7.11 Å². The topological polar surface area (TPSA) is 55.4 Å². The summed E-state index contributed by atoms with van der Waals surface area (Å²) in [6.07, 6.45) is 0. The minimum atomic E-state index is -0.649. The number of hydrogen-bond donors (Lipinski definition) is 1. The molecule has 5 heteroatoms. The number of amides is 1. The Morgan fingerprint density at radius 3 is 2.25 bits per heavy atom. The van der Waals surface area contributed by atoms with Gasteiger partial charge in [0, 0.05) is 0 Å². The lowest BCUT2D eigenvalue weighted by Gasteiger charge is -2.11. The van der Waals surface area contributed by atoms with Gasteiger partial charge in [-0.15, -0.1) is 11.6 Å². The van der Waals surface area contributed by atoms with Gasteiger partial charge in [0.1, 0.15) is 11.4 Å². The number of ether oxygens (including phenoxy) is 1. The van der Waals surface area contributed by atoms with E-state index in [1.54, 1.807) is 0 Å². The van der Waals surface area contributed by atoms with E-state index in [1.807, 2.05) is 0 Å². The number of carbonyl (C=O) groups is 2. The first kappa shape index (κ1) is 11.2. The first-order valence-corrected chi connectivity index (χ1v) is 3.95. The van der Waals surface area contributed by atoms with Gasteiger partial charge in [-0.25, -0.2) is 4.79 Å². The van der Waals surface area contributed by atoms with Gasteiger partial charge in [-0.2, -0.15) is 0 Å². The van der Waals surface area contributed by atoms with Gasteiger partial charge in [-0.3, -0.25) is 4.79 Å². The van der Waals surface area contributed by atoms with Crippen LogP contribution in [0.2, 0.25) is 0 Å². The maximum atomic E-state index is 10.9. The summed E-state index contributed by atoms with van der Waals surface area (Å²) in [7, 11) is 1.26. The molecule has 0 spiro atoms. The molecule has 0 aliphatic rings. The summed E-state index contributed by atoms with van der Waals surface area (Å²) in [4.78, 5) is 21.7. The predicted octanol–water partition coefficient (Wildman–Crippen LogP) is 0.291. The van der Waals surface area contributed by atoms with E-state index in [0.29, 0.717) is 0 Å². The van der Waals surface area contributed by atoms with Crippen molar-refractivity contribution in [3.05, 3.63) is 0 Å². The van der Waals surface area contributed by atoms with Gasteiger partial charge < -0.3 is 10.1 Å². The molecule has 0 saturated carbocycles. The maximum Gasteiger partial charge on any atom is 0.328 e. The number of nitrogens with one attached hydrogen (secondary N) is 1. The van der Waals surface area contributed by atoms with Crippen LogP contribution in [0, 0.1) is 0 Å². The van der Waals surface area contributed by atoms with Gasteiger partial charge in [0.15, 0.2) is 0 Å². The van der Waals surface area contributed by atoms with Crippen LogP contribution in [0.15, 0.2) is 0 Å². The van der Waals surface area contributed by atoms with Crippen LogP contribution in [0.25, 0.3) is 0 Å². The van der Waals surface area contributed by atoms with Crippen LogP contribution in [-0.4, -0.2) is 30.4 Å². The monoisotopic (exact) mass is 193 g/mol. The lowest BCUT2D eigenvalue weighted by molar-refractivity contribution is -0.144. The molecule has 0 aliphatic heterocycles. The van der Waals surface area contributed by atoms with Gasteiger partial charge in [0.2, 0.25) is 5.91 Å². The smallest absolute Gasteiger partial charge is 0.328 e. The Balaban J connectivity index is 3.92. The third-order valence-electron chi connectivity index (χ3n) is 1.27. The largest absolute Gasteiger partial charge is 0.467 e. The Bertz CT molecular complexity index is 181. The Hall–Kier alpha value is -0.770. The summed E-state index contributed by atoms with van der Waals surface area (Å²) in [5.41, 5.74) is 0. The Labute approximate surface area is 76.2 Å². The van der Waals surface area contributed by atoms with Crippen molar-refractivity contribution in [3.8, 4) is 0 Å². The fourth-order valence-corrected chi connectivity index (χ4v) is 0.627. The average Bonchev–Trinajstić information content (AvgIpc) is 2.02. The second kappa shape index (κ2) is 4.98. The van der Waals surface area contributed by atoms with Crippen LogP contribution in [0.3, 0.4) is 0 Å². The second-order valence-corrected chi connectivity index (χ2v) is 3.02. The summed E-state index contributed by atoms with van der Waals surface area (Å²) in [5, 5.41) is 1.74. The van der Waals surface area contributed by atoms with Crippen LogP contribution >= 0.6 is 11.6 Å². The lowest BCUT2D eigenvalue weighted by Crippen LogP contribution is -2.42. The van der Waals surface area contributed by atoms with Crippen LogP contribution in [0.1, 0.15) is 13.8 Å². The normalized spacial score (nSPS) is 14.7. The molecule has 0 aromatic carbocycles. The van der Waals surface area contributed by atoms with Gasteiger partial charge in [-0.05, 0) is 13.8 Å². The molecule has 0 rings (SSSR count). The van der Waals surface area contributed by atoms with Crippen molar-refractivity contribution < 1.29 is 14.3 Å². The van der Waals surface area contributed by atoms with E-state index in [4.69, 9.17) is 11.6 Å². The highest BCUT2D eigenvalue weighted by molar-refractivity contribution is 6.30. The van der Waals surface area contributed by atoms with Gasteiger partial charge in [-0.1, -0.05) is 0 Å². The van der Waals surface area contributed by atoms with Crippen molar-refractivity contribution in [1.29, 1.82) is 0 Å². The van der Waals surface area contributed by atoms with Crippen molar-refractivity contribution in [2.75, 3.05) is 7.11 Å². The number of methoxy groups -OCH3 is 1. The molecule has 12 heavy (non-hydrogen) atoms. The van der Waals surface area contributed by atoms with Crippen molar-refractivity contribution in [2.45, 2.75) is 25.3 Å². The number of carbonyl (C=O) groups excluding carboxylic acids is 2. The van der Waals surface area contributed by atoms with Crippen molar-refractivity contribution in [1.82, 2.24) is 5.32 Å². The molecule has 0 heterocycles. The number of hydrogen-bond acceptors (Lipinski definition) is 3. The van der Waals surface area contributed by atoms with Crippen molar-refractivity contribution in [2.24, 2.45) is 0 Å². The van der Waals surface area contributed by atoms with Crippen molar-refractivity contribution >= 4 is 23.5 Å². The van der Waals surface area contributed by atoms with E-state index in [9.17, 15) is 9.59 Å². The average molecular weight is 194 g/mol. The van der Waals surface area contributed by atoms with Crippen LogP contribution in [0.4, 0.5) is 0 Å². The predicted molar refractivity (Wildman–Crippen MR) is 44.9 cm³/mol. The summed E-state index contributed by atoms with van der Waals surface area (Å²) < 4.78 is 4.40. The molecule has 0 aromatic heterocycles. The standard InChI is InChI=1S/C7H12ClNO3/c1-4(8)6(10)9-5(2)7(11)12-3/h4-5H,1-3H3,(H,9,10). The van der Waals surface area contributed by atoms with E-state index in [-0.39, 0.29) is 5.91 Å². The highest BCUT2D eigenvalue weighted by Crippen LogP contribution is 1.94. The fraction of sp³-hybridized carbons (Fsp3) is 0.714. The van der Waals surface area contributed by atoms with E-state index in [2.05, 4.69) is 10.1 Å². The third kappa shape index (κ3) is 3.57. The molecular formula is C7H12ClNO3. The summed E-state index contributed by atoms with van der Waals surface area (Å²) in [5.74, 6) is -0.866. The quantitative estimate of drug-likeness (QED) is 0.518. The Kier molecular flexibility index (Phi) is 4.66. The zero-order valence-electron chi connectivity index (χ0n) is 7.26. The van der Waals surface area contributed by atoms with E-state index < -0.39 is 17.4 Å². The highest BCUT2D eigenvalue weighted by Gasteiger charge is 2.17. The molecule has 0 aliphatic carbocycles. The molecule has 0 aromatic rings. The molecule has 0 saturated heterocycles. The number of halogens is 1. The summed E-state index contributed by atoms with van der Waals surface area (Å²) >= 11 is 5.46. The van der Waals surface area contributed by atoms with E-state index in [0.717, 1.165) is 0 Å². The molecular weight excluding hydrogens is 182 g/mol. The first-order valence-electron chi connectivity index (χ1n) is 3.51. The Morgan fingerprint density at radius 1 is 1.42 bits per heavy atom. The number of rotatable bonds is 3. The van der Waals surface area contributed by atoms with Crippen LogP contribution in [0.5, 0.6) is 0 Å². The SMILES string of the molecule is COC(=O)C(C)NC(=O)C(C)Cl. The van der Waals surface area contributed by atoms with E-state index in [1.165, 1.54) is 21.0 Å². The molecule has 70 valence electrons. The first-order chi connectivity index (χ1) is 5.49. The van der Waals surface area contributed by atoms with Gasteiger partial charge in [0.25, 0.3) is 0 Å². The molecule has 1 amide bonds. The lowest BCUT2D eigenvalue weighted by atomic mass is 10.3. The molecule has 2 atom stereocenters. The molecule has 0 fully saturated rings. The van der Waals surface area contributed by atoms with Crippen molar-refractivity contribution in [3.63, 3.8) is 0 Å². The Morgan fingerprint density at radius 2 is 1.92 bits per heavy atom. The second-order valence-electron chi connectivity index (χ2n) is 2.37. The third-order valence-corrected chi connectivity index (χ3v) is 1.47. The molecule has 0 bridgehead atoms. The van der Waals surface area contributed by atoms with E-state index >= 15 is 0 Å². The zero-order valence-corrected chi connectivity index (χ0v) is 8.01. The van der Waals surface area contributed by atoms with Crippen LogP contribution in [-0.2, 0) is 14.3 Å². The molecule has 0 radical (unpaired) electrons. The minimum absolute atomic E-state index is 0.380. The maximum absolute atomic E-state index is 10.9. The number of esters is 1. The minimum Gasteiger partial charge on any atom is -0.467 e. The molecule has 4 nitrogen and oxygen atoms in total. The fourth-order valence-electron chi connectivity index (χ4n) is 0.564. The molecule has 2 unspecified atom stereocenters. The molecule has 1 N–H and O–H groups in total. The highest BCUT2D eigenvalue weighted by atomic mass is 35.5. The van der Waals surface area contributed by atoms with Gasteiger partial charge >= 0.3 is 5.97 Å². The van der Waals surface area contributed by atoms with Crippen LogP contribution < -0.4 is 5.32 Å². The zero-order chi connectivity index (χ0) is 9.72. The number of alkyl halides is 1.